The summed E-state index contributed by atoms with van der Waals surface area (Å²) in [6, 6.07) is 7.45. The average Bonchev–Trinajstić information content (AvgIpc) is 2.99. The van der Waals surface area contributed by atoms with Crippen LogP contribution in [0.5, 0.6) is 5.75 Å². The van der Waals surface area contributed by atoms with Crippen molar-refractivity contribution >= 4 is 11.6 Å². The normalized spacial score (nSPS) is 21.2. The molecule has 0 spiro atoms. The number of methoxy groups -OCH3 is 1. The molecule has 1 aliphatic heterocycles. The van der Waals surface area contributed by atoms with E-state index in [2.05, 4.69) is 17.6 Å². The predicted octanol–water partition coefficient (Wildman–Crippen LogP) is 2.04. The van der Waals surface area contributed by atoms with Crippen LogP contribution in [-0.2, 0) is 9.53 Å². The van der Waals surface area contributed by atoms with Gasteiger partial charge in [0.2, 0.25) is 5.91 Å². The summed E-state index contributed by atoms with van der Waals surface area (Å²) in [5.41, 5.74) is 0.534. The fourth-order valence-corrected chi connectivity index (χ4v) is 2.54. The van der Waals surface area contributed by atoms with Crippen LogP contribution < -0.4 is 15.4 Å². The summed E-state index contributed by atoms with van der Waals surface area (Å²) < 4.78 is 10.4. The maximum Gasteiger partial charge on any atom is 0.231 e. The maximum absolute atomic E-state index is 12.5. The van der Waals surface area contributed by atoms with Gasteiger partial charge >= 0.3 is 0 Å². The fourth-order valence-electron chi connectivity index (χ4n) is 2.54. The van der Waals surface area contributed by atoms with Gasteiger partial charge in [0, 0.05) is 19.3 Å². The van der Waals surface area contributed by atoms with Crippen molar-refractivity contribution < 1.29 is 14.3 Å². The van der Waals surface area contributed by atoms with Crippen molar-refractivity contribution in [3.8, 4) is 5.75 Å². The van der Waals surface area contributed by atoms with Gasteiger partial charge in [0.15, 0.2) is 0 Å². The van der Waals surface area contributed by atoms with Gasteiger partial charge in [0.25, 0.3) is 0 Å². The zero-order valence-electron chi connectivity index (χ0n) is 12.8. The number of anilines is 1. The largest absolute Gasteiger partial charge is 0.491 e. The van der Waals surface area contributed by atoms with Crippen molar-refractivity contribution in [2.24, 2.45) is 5.41 Å². The molecule has 1 aliphatic rings. The van der Waals surface area contributed by atoms with Gasteiger partial charge in [0.1, 0.15) is 12.4 Å². The Labute approximate surface area is 126 Å². The number of benzene rings is 1. The number of rotatable bonds is 7. The molecule has 0 bridgehead atoms. The molecule has 5 nitrogen and oxygen atoms in total. The van der Waals surface area contributed by atoms with Crippen molar-refractivity contribution in [3.05, 3.63) is 24.3 Å². The molecule has 1 saturated heterocycles. The van der Waals surface area contributed by atoms with Crippen molar-refractivity contribution in [2.75, 3.05) is 38.7 Å². The van der Waals surface area contributed by atoms with Gasteiger partial charge in [-0.25, -0.2) is 0 Å². The molecule has 1 heterocycles. The number of hydrogen-bond acceptors (Lipinski definition) is 4. The highest BCUT2D eigenvalue weighted by Crippen LogP contribution is 2.31. The first-order chi connectivity index (χ1) is 10.2. The first-order valence-corrected chi connectivity index (χ1v) is 7.44. The van der Waals surface area contributed by atoms with Crippen molar-refractivity contribution in [1.82, 2.24) is 5.32 Å². The molecule has 2 rings (SSSR count). The zero-order valence-corrected chi connectivity index (χ0v) is 12.8. The smallest absolute Gasteiger partial charge is 0.231 e. The molecule has 0 radical (unpaired) electrons. The van der Waals surface area contributed by atoms with E-state index in [4.69, 9.17) is 9.47 Å². The zero-order chi connectivity index (χ0) is 15.1. The number of nitrogens with one attached hydrogen (secondary N) is 2. The summed E-state index contributed by atoms with van der Waals surface area (Å²) in [7, 11) is 1.64. The van der Waals surface area contributed by atoms with Crippen molar-refractivity contribution in [3.63, 3.8) is 0 Å². The van der Waals surface area contributed by atoms with E-state index in [-0.39, 0.29) is 11.3 Å². The minimum absolute atomic E-state index is 0.100. The maximum atomic E-state index is 12.5. The van der Waals surface area contributed by atoms with Crippen LogP contribution in [0, 0.1) is 5.41 Å². The number of ether oxygens (including phenoxy) is 2. The van der Waals surface area contributed by atoms with Gasteiger partial charge in [0.05, 0.1) is 12.0 Å². The van der Waals surface area contributed by atoms with E-state index >= 15 is 0 Å². The molecule has 2 N–H and O–H groups in total. The molecule has 21 heavy (non-hydrogen) atoms. The Hall–Kier alpha value is -1.59. The molecule has 1 atom stereocenters. The summed E-state index contributed by atoms with van der Waals surface area (Å²) in [5, 5.41) is 6.29. The summed E-state index contributed by atoms with van der Waals surface area (Å²) in [4.78, 5) is 12.5. The van der Waals surface area contributed by atoms with E-state index in [0.717, 1.165) is 37.4 Å². The lowest BCUT2D eigenvalue weighted by molar-refractivity contribution is -0.124. The first-order valence-electron chi connectivity index (χ1n) is 7.44. The van der Waals surface area contributed by atoms with E-state index in [1.807, 2.05) is 24.3 Å². The predicted molar refractivity (Wildman–Crippen MR) is 82.7 cm³/mol. The lowest BCUT2D eigenvalue weighted by atomic mass is 9.83. The molecular formula is C16H24N2O3. The Morgan fingerprint density at radius 3 is 2.67 bits per heavy atom. The minimum atomic E-state index is -0.270. The highest BCUT2D eigenvalue weighted by molar-refractivity contribution is 5.95. The van der Waals surface area contributed by atoms with Crippen LogP contribution in [0.3, 0.4) is 0 Å². The molecule has 0 saturated carbocycles. The van der Waals surface area contributed by atoms with Crippen LogP contribution in [0.25, 0.3) is 0 Å². The number of hydrogen-bond donors (Lipinski definition) is 2. The lowest BCUT2D eigenvalue weighted by Crippen LogP contribution is -2.37. The van der Waals surface area contributed by atoms with Gasteiger partial charge < -0.3 is 20.1 Å². The van der Waals surface area contributed by atoms with Crippen LogP contribution in [0.2, 0.25) is 0 Å². The second kappa shape index (κ2) is 7.43. The SMILES string of the molecule is CCC1(C(=O)Nc2ccc(OCCOC)cc2)CCNC1. The molecule has 1 unspecified atom stereocenters. The summed E-state index contributed by atoms with van der Waals surface area (Å²) in [6.45, 7) is 4.82. The van der Waals surface area contributed by atoms with Crippen LogP contribution in [0.4, 0.5) is 5.69 Å². The number of carbonyl (C=O) groups excluding carboxylic acids is 1. The fraction of sp³-hybridized carbons (Fsp3) is 0.562. The first kappa shape index (κ1) is 15.8. The van der Waals surface area contributed by atoms with E-state index < -0.39 is 0 Å². The second-order valence-corrected chi connectivity index (χ2v) is 5.38. The average molecular weight is 292 g/mol. The molecule has 0 aliphatic carbocycles. The molecule has 5 heteroatoms. The number of carbonyl (C=O) groups is 1. The molecule has 1 amide bonds. The third-order valence-corrected chi connectivity index (χ3v) is 4.07. The molecule has 1 aromatic carbocycles. The standard InChI is InChI=1S/C16H24N2O3/c1-3-16(8-9-17-12-16)15(19)18-13-4-6-14(7-5-13)21-11-10-20-2/h4-7,17H,3,8-12H2,1-2H3,(H,18,19). The summed E-state index contributed by atoms with van der Waals surface area (Å²) >= 11 is 0. The van der Waals surface area contributed by atoms with Crippen LogP contribution in [-0.4, -0.2) is 39.3 Å². The number of amides is 1. The second-order valence-electron chi connectivity index (χ2n) is 5.38. The molecule has 116 valence electrons. The van der Waals surface area contributed by atoms with Gasteiger partial charge in [-0.15, -0.1) is 0 Å². The monoisotopic (exact) mass is 292 g/mol. The third-order valence-electron chi connectivity index (χ3n) is 4.07. The van der Waals surface area contributed by atoms with E-state index in [1.165, 1.54) is 0 Å². The molecular weight excluding hydrogens is 268 g/mol. The van der Waals surface area contributed by atoms with Gasteiger partial charge in [-0.2, -0.15) is 0 Å². The minimum Gasteiger partial charge on any atom is -0.491 e. The van der Waals surface area contributed by atoms with E-state index in [0.29, 0.717) is 13.2 Å². The van der Waals surface area contributed by atoms with Crippen LogP contribution in [0.15, 0.2) is 24.3 Å². The lowest BCUT2D eigenvalue weighted by Gasteiger charge is -2.25. The van der Waals surface area contributed by atoms with Crippen molar-refractivity contribution in [2.45, 2.75) is 19.8 Å². The third kappa shape index (κ3) is 3.95. The van der Waals surface area contributed by atoms with Gasteiger partial charge in [-0.05, 0) is 43.7 Å². The van der Waals surface area contributed by atoms with Crippen LogP contribution >= 0.6 is 0 Å². The molecule has 0 aromatic heterocycles. The van der Waals surface area contributed by atoms with E-state index in [9.17, 15) is 4.79 Å². The Kier molecular flexibility index (Phi) is 5.59. The summed E-state index contributed by atoms with van der Waals surface area (Å²) in [5.74, 6) is 0.876. The highest BCUT2D eigenvalue weighted by Gasteiger charge is 2.39. The molecule has 1 aromatic rings. The Morgan fingerprint density at radius 2 is 2.10 bits per heavy atom. The Morgan fingerprint density at radius 1 is 1.33 bits per heavy atom. The van der Waals surface area contributed by atoms with Gasteiger partial charge in [-0.3, -0.25) is 4.79 Å². The highest BCUT2D eigenvalue weighted by atomic mass is 16.5. The Bertz CT molecular complexity index is 453. The van der Waals surface area contributed by atoms with Gasteiger partial charge in [-0.1, -0.05) is 6.92 Å². The molecule has 1 fully saturated rings. The topological polar surface area (TPSA) is 59.6 Å². The van der Waals surface area contributed by atoms with Crippen LogP contribution in [0.1, 0.15) is 19.8 Å². The van der Waals surface area contributed by atoms with E-state index in [1.54, 1.807) is 7.11 Å². The Balaban J connectivity index is 1.92. The van der Waals surface area contributed by atoms with Crippen molar-refractivity contribution in [1.29, 1.82) is 0 Å². The quantitative estimate of drug-likeness (QED) is 0.755. The summed E-state index contributed by atoms with van der Waals surface area (Å²) in [6.07, 6.45) is 1.75.